The third-order valence-electron chi connectivity index (χ3n) is 5.24. The first-order chi connectivity index (χ1) is 14.3. The van der Waals surface area contributed by atoms with Crippen LogP contribution in [0.5, 0.6) is 0 Å². The van der Waals surface area contributed by atoms with Crippen LogP contribution in [0.3, 0.4) is 0 Å². The van der Waals surface area contributed by atoms with Gasteiger partial charge in [0.25, 0.3) is 15.9 Å². The van der Waals surface area contributed by atoms with Crippen LogP contribution >= 0.6 is 0 Å². The fourth-order valence-electron chi connectivity index (χ4n) is 3.53. The number of nitrogens with one attached hydrogen (secondary N) is 1. The molecule has 0 atom stereocenters. The van der Waals surface area contributed by atoms with E-state index in [-0.39, 0.29) is 16.4 Å². The van der Waals surface area contributed by atoms with E-state index in [9.17, 15) is 17.6 Å². The van der Waals surface area contributed by atoms with Crippen LogP contribution in [0.4, 0.5) is 10.1 Å². The molecule has 0 spiro atoms. The maximum Gasteiger partial charge on any atom is 0.261 e. The van der Waals surface area contributed by atoms with Crippen LogP contribution in [0.2, 0.25) is 0 Å². The van der Waals surface area contributed by atoms with Crippen molar-refractivity contribution in [2.45, 2.75) is 24.8 Å². The van der Waals surface area contributed by atoms with Crippen LogP contribution in [0.25, 0.3) is 0 Å². The third-order valence-corrected chi connectivity index (χ3v) is 6.62. The highest BCUT2D eigenvalue weighted by Gasteiger charge is 2.22. The number of carbonyl (C=O) groups is 1. The van der Waals surface area contributed by atoms with Crippen molar-refractivity contribution in [3.05, 3.63) is 94.8 Å². The molecular weight excluding hydrogens is 403 g/mol. The summed E-state index contributed by atoms with van der Waals surface area (Å²) in [5, 5.41) is 0. The van der Waals surface area contributed by atoms with Crippen molar-refractivity contribution in [3.8, 4) is 0 Å². The zero-order chi connectivity index (χ0) is 21.3. The molecule has 1 aliphatic rings. The summed E-state index contributed by atoms with van der Waals surface area (Å²) in [5.74, 6) is -0.551. The Kier molecular flexibility index (Phi) is 5.30. The Morgan fingerprint density at radius 2 is 1.70 bits per heavy atom. The van der Waals surface area contributed by atoms with Gasteiger partial charge in [0.15, 0.2) is 0 Å². The first-order valence-corrected chi connectivity index (χ1v) is 11.1. The molecule has 0 saturated carbocycles. The maximum absolute atomic E-state index is 13.4. The highest BCUT2D eigenvalue weighted by molar-refractivity contribution is 7.92. The minimum Gasteiger partial charge on any atom is -0.334 e. The molecule has 0 radical (unpaired) electrons. The standard InChI is InChI=1S/C23H21FN2O3S/c1-16-14-21(10-11-22(16)24)30(28,29)25-20-8-6-18(7-9-20)23(27)26-13-12-17-4-2-3-5-19(17)15-26/h2-11,14,25H,12-13,15H2,1H3. The zero-order valence-electron chi connectivity index (χ0n) is 16.4. The molecule has 1 heterocycles. The number of carbonyl (C=O) groups excluding carboxylic acids is 1. The van der Waals surface area contributed by atoms with Gasteiger partial charge in [-0.15, -0.1) is 0 Å². The molecule has 0 aliphatic carbocycles. The number of fused-ring (bicyclic) bond motifs is 1. The number of halogens is 1. The molecule has 5 nitrogen and oxygen atoms in total. The van der Waals surface area contributed by atoms with Crippen LogP contribution in [0.15, 0.2) is 71.6 Å². The maximum atomic E-state index is 13.4. The van der Waals surface area contributed by atoms with Gasteiger partial charge in [0, 0.05) is 24.3 Å². The average molecular weight is 424 g/mol. The fraction of sp³-hybridized carbons (Fsp3) is 0.174. The number of amides is 1. The first-order valence-electron chi connectivity index (χ1n) is 9.58. The number of anilines is 1. The number of hydrogen-bond acceptors (Lipinski definition) is 3. The molecule has 0 aromatic heterocycles. The Balaban J connectivity index is 1.47. The van der Waals surface area contributed by atoms with Crippen molar-refractivity contribution >= 4 is 21.6 Å². The molecule has 3 aromatic carbocycles. The van der Waals surface area contributed by atoms with Gasteiger partial charge in [0.1, 0.15) is 5.82 Å². The normalized spacial score (nSPS) is 13.6. The Bertz CT molecular complexity index is 1210. The third kappa shape index (κ3) is 4.07. The summed E-state index contributed by atoms with van der Waals surface area (Å²) >= 11 is 0. The van der Waals surface area contributed by atoms with Gasteiger partial charge in [-0.05, 0) is 72.5 Å². The van der Waals surface area contributed by atoms with Gasteiger partial charge in [0.2, 0.25) is 0 Å². The monoisotopic (exact) mass is 424 g/mol. The van der Waals surface area contributed by atoms with E-state index in [1.165, 1.54) is 24.6 Å². The summed E-state index contributed by atoms with van der Waals surface area (Å²) < 4.78 is 41.0. The minimum absolute atomic E-state index is 0.0199. The highest BCUT2D eigenvalue weighted by atomic mass is 32.2. The van der Waals surface area contributed by atoms with Crippen LogP contribution in [0, 0.1) is 12.7 Å². The van der Waals surface area contributed by atoms with Crippen molar-refractivity contribution in [2.24, 2.45) is 0 Å². The summed E-state index contributed by atoms with van der Waals surface area (Å²) in [5.41, 5.74) is 3.49. The van der Waals surface area contributed by atoms with E-state index in [0.717, 1.165) is 18.1 Å². The molecule has 4 rings (SSSR count). The molecule has 1 N–H and O–H groups in total. The molecule has 0 unspecified atom stereocenters. The lowest BCUT2D eigenvalue weighted by Crippen LogP contribution is -2.35. The summed E-state index contributed by atoms with van der Waals surface area (Å²) in [6.45, 7) is 2.72. The second-order valence-corrected chi connectivity index (χ2v) is 9.02. The molecule has 0 bridgehead atoms. The van der Waals surface area contributed by atoms with Crippen LogP contribution < -0.4 is 4.72 Å². The first kappa shape index (κ1) is 20.1. The molecule has 0 fully saturated rings. The number of rotatable bonds is 4. The minimum atomic E-state index is -3.85. The summed E-state index contributed by atoms with van der Waals surface area (Å²) in [4.78, 5) is 14.6. The lowest BCUT2D eigenvalue weighted by Gasteiger charge is -2.29. The summed E-state index contributed by atoms with van der Waals surface area (Å²) in [6, 6.07) is 18.0. The summed E-state index contributed by atoms with van der Waals surface area (Å²) in [6.07, 6.45) is 0.816. The number of aryl methyl sites for hydroxylation is 1. The van der Waals surface area contributed by atoms with Gasteiger partial charge < -0.3 is 4.90 Å². The van der Waals surface area contributed by atoms with Gasteiger partial charge in [-0.1, -0.05) is 24.3 Å². The van der Waals surface area contributed by atoms with E-state index in [1.54, 1.807) is 29.2 Å². The molecule has 154 valence electrons. The molecular formula is C23H21FN2O3S. The van der Waals surface area contributed by atoms with Crippen LogP contribution in [0.1, 0.15) is 27.0 Å². The van der Waals surface area contributed by atoms with Crippen LogP contribution in [-0.2, 0) is 23.0 Å². The lowest BCUT2D eigenvalue weighted by atomic mass is 9.99. The second kappa shape index (κ2) is 7.91. The molecule has 3 aromatic rings. The Morgan fingerprint density at radius 3 is 2.40 bits per heavy atom. The number of benzene rings is 3. The zero-order valence-corrected chi connectivity index (χ0v) is 17.2. The topological polar surface area (TPSA) is 66.5 Å². The van der Waals surface area contributed by atoms with E-state index in [4.69, 9.17) is 0 Å². The van der Waals surface area contributed by atoms with Crippen molar-refractivity contribution in [1.29, 1.82) is 0 Å². The second-order valence-electron chi connectivity index (χ2n) is 7.34. The Labute approximate surface area is 175 Å². The quantitative estimate of drug-likeness (QED) is 0.685. The molecule has 0 saturated heterocycles. The van der Waals surface area contributed by atoms with E-state index >= 15 is 0 Å². The molecule has 1 aliphatic heterocycles. The van der Waals surface area contributed by atoms with Crippen molar-refractivity contribution in [3.63, 3.8) is 0 Å². The van der Waals surface area contributed by atoms with Gasteiger partial charge in [0.05, 0.1) is 4.90 Å². The Hall–Kier alpha value is -3.19. The fourth-order valence-corrected chi connectivity index (χ4v) is 4.67. The highest BCUT2D eigenvalue weighted by Crippen LogP contribution is 2.22. The average Bonchev–Trinajstić information content (AvgIpc) is 2.75. The van der Waals surface area contributed by atoms with Gasteiger partial charge in [-0.2, -0.15) is 0 Å². The number of nitrogens with zero attached hydrogens (tertiary/aromatic N) is 1. The molecule has 7 heteroatoms. The predicted octanol–water partition coefficient (Wildman–Crippen LogP) is 4.13. The molecule has 1 amide bonds. The van der Waals surface area contributed by atoms with Gasteiger partial charge in [-0.3, -0.25) is 9.52 Å². The van der Waals surface area contributed by atoms with E-state index in [2.05, 4.69) is 10.8 Å². The van der Waals surface area contributed by atoms with E-state index in [1.807, 2.05) is 18.2 Å². The lowest BCUT2D eigenvalue weighted by molar-refractivity contribution is 0.0734. The SMILES string of the molecule is Cc1cc(S(=O)(=O)Nc2ccc(C(=O)N3CCc4ccccc4C3)cc2)ccc1F. The summed E-state index contributed by atoms with van der Waals surface area (Å²) in [7, 11) is -3.85. The Morgan fingerprint density at radius 1 is 1.00 bits per heavy atom. The van der Waals surface area contributed by atoms with E-state index < -0.39 is 15.8 Å². The van der Waals surface area contributed by atoms with Crippen molar-refractivity contribution < 1.29 is 17.6 Å². The smallest absolute Gasteiger partial charge is 0.261 e. The van der Waals surface area contributed by atoms with Crippen molar-refractivity contribution in [1.82, 2.24) is 4.90 Å². The van der Waals surface area contributed by atoms with Gasteiger partial charge >= 0.3 is 0 Å². The van der Waals surface area contributed by atoms with Gasteiger partial charge in [-0.25, -0.2) is 12.8 Å². The molecule has 30 heavy (non-hydrogen) atoms. The predicted molar refractivity (Wildman–Crippen MR) is 113 cm³/mol. The number of hydrogen-bond donors (Lipinski definition) is 1. The number of sulfonamides is 1. The largest absolute Gasteiger partial charge is 0.334 e. The van der Waals surface area contributed by atoms with E-state index in [0.29, 0.717) is 24.3 Å². The van der Waals surface area contributed by atoms with Crippen molar-refractivity contribution in [2.75, 3.05) is 11.3 Å². The van der Waals surface area contributed by atoms with Crippen LogP contribution in [-0.4, -0.2) is 25.8 Å².